The molecule has 1 aromatic carbocycles. The molecule has 134 valence electrons. The zero-order valence-electron chi connectivity index (χ0n) is 13.7. The molecule has 3 rings (SSSR count). The summed E-state index contributed by atoms with van der Waals surface area (Å²) in [6.07, 6.45) is 4.30. The normalized spacial score (nSPS) is 12.3. The lowest BCUT2D eigenvalue weighted by atomic mass is 10.2. The van der Waals surface area contributed by atoms with E-state index in [4.69, 9.17) is 4.74 Å². The van der Waals surface area contributed by atoms with Gasteiger partial charge in [0, 0.05) is 29.5 Å². The van der Waals surface area contributed by atoms with Gasteiger partial charge in [-0.3, -0.25) is 9.71 Å². The van der Waals surface area contributed by atoms with Crippen molar-refractivity contribution < 1.29 is 17.9 Å². The fourth-order valence-corrected chi connectivity index (χ4v) is 3.92. The van der Waals surface area contributed by atoms with Crippen molar-refractivity contribution in [3.63, 3.8) is 0 Å². The van der Waals surface area contributed by atoms with Gasteiger partial charge < -0.3 is 4.74 Å². The fourth-order valence-electron chi connectivity index (χ4n) is 2.13. The number of pyridine rings is 1. The highest BCUT2D eigenvalue weighted by atomic mass is 32.2. The van der Waals surface area contributed by atoms with Gasteiger partial charge in [0.1, 0.15) is 6.10 Å². The third kappa shape index (κ3) is 4.24. The van der Waals surface area contributed by atoms with Crippen LogP contribution >= 0.6 is 11.3 Å². The van der Waals surface area contributed by atoms with Gasteiger partial charge in [-0.2, -0.15) is 0 Å². The Balaban J connectivity index is 1.70. The van der Waals surface area contributed by atoms with E-state index >= 15 is 0 Å². The maximum Gasteiger partial charge on any atom is 0.338 e. The Morgan fingerprint density at radius 3 is 2.58 bits per heavy atom. The molecule has 0 aliphatic carbocycles. The summed E-state index contributed by atoms with van der Waals surface area (Å²) < 4.78 is 32.3. The van der Waals surface area contributed by atoms with Crippen LogP contribution in [0.2, 0.25) is 0 Å². The molecule has 1 unspecified atom stereocenters. The average Bonchev–Trinajstić information content (AvgIpc) is 3.14. The van der Waals surface area contributed by atoms with Crippen molar-refractivity contribution in [2.24, 2.45) is 0 Å². The number of nitrogens with zero attached hydrogens (tertiary/aromatic N) is 2. The number of aromatic nitrogens is 2. The van der Waals surface area contributed by atoms with E-state index in [1.165, 1.54) is 41.8 Å². The number of benzene rings is 1. The van der Waals surface area contributed by atoms with Crippen LogP contribution in [0.3, 0.4) is 0 Å². The number of carbonyl (C=O) groups excluding carboxylic acids is 1. The van der Waals surface area contributed by atoms with Gasteiger partial charge >= 0.3 is 5.97 Å². The van der Waals surface area contributed by atoms with E-state index < -0.39 is 22.1 Å². The monoisotopic (exact) mass is 389 g/mol. The molecule has 3 aromatic rings. The highest BCUT2D eigenvalue weighted by Gasteiger charge is 2.18. The van der Waals surface area contributed by atoms with Crippen molar-refractivity contribution in [1.29, 1.82) is 0 Å². The van der Waals surface area contributed by atoms with Crippen LogP contribution in [0.4, 0.5) is 5.13 Å². The van der Waals surface area contributed by atoms with Crippen molar-refractivity contribution in [3.05, 3.63) is 71.5 Å². The van der Waals surface area contributed by atoms with Gasteiger partial charge in [-0.05, 0) is 37.3 Å². The molecule has 0 spiro atoms. The summed E-state index contributed by atoms with van der Waals surface area (Å²) >= 11 is 1.18. The molecule has 26 heavy (non-hydrogen) atoms. The van der Waals surface area contributed by atoms with Crippen LogP contribution < -0.4 is 4.72 Å². The van der Waals surface area contributed by atoms with E-state index in [0.29, 0.717) is 0 Å². The van der Waals surface area contributed by atoms with Crippen LogP contribution in [0.5, 0.6) is 0 Å². The Bertz CT molecular complexity index is 973. The van der Waals surface area contributed by atoms with Gasteiger partial charge in [0.05, 0.1) is 10.5 Å². The molecule has 1 N–H and O–H groups in total. The Kier molecular flexibility index (Phi) is 5.29. The van der Waals surface area contributed by atoms with Gasteiger partial charge in [-0.1, -0.05) is 6.07 Å². The van der Waals surface area contributed by atoms with Crippen molar-refractivity contribution in [2.75, 3.05) is 4.72 Å². The number of rotatable bonds is 6. The van der Waals surface area contributed by atoms with Gasteiger partial charge in [-0.15, -0.1) is 11.3 Å². The summed E-state index contributed by atoms with van der Waals surface area (Å²) in [5.74, 6) is -0.543. The van der Waals surface area contributed by atoms with E-state index in [0.717, 1.165) is 5.56 Å². The first-order chi connectivity index (χ1) is 12.5. The first-order valence-electron chi connectivity index (χ1n) is 7.59. The first-order valence-corrected chi connectivity index (χ1v) is 9.95. The number of thiazole rings is 1. The predicted octanol–water partition coefficient (Wildman–Crippen LogP) is 3.26. The van der Waals surface area contributed by atoms with Crippen LogP contribution in [0.15, 0.2) is 65.3 Å². The minimum Gasteiger partial charge on any atom is -0.454 e. The van der Waals surface area contributed by atoms with Crippen molar-refractivity contribution in [2.45, 2.75) is 17.9 Å². The summed E-state index contributed by atoms with van der Waals surface area (Å²) in [5, 5.41) is 1.94. The Labute approximate surface area is 154 Å². The molecule has 0 saturated heterocycles. The predicted molar refractivity (Wildman–Crippen MR) is 97.4 cm³/mol. The molecule has 1 atom stereocenters. The van der Waals surface area contributed by atoms with Crippen LogP contribution in [0.25, 0.3) is 0 Å². The van der Waals surface area contributed by atoms with Gasteiger partial charge in [0.15, 0.2) is 5.13 Å². The van der Waals surface area contributed by atoms with Gasteiger partial charge in [0.2, 0.25) is 0 Å². The number of ether oxygens (including phenoxy) is 1. The zero-order chi connectivity index (χ0) is 18.6. The second-order valence-corrected chi connectivity index (χ2v) is 7.88. The van der Waals surface area contributed by atoms with E-state index in [1.54, 1.807) is 30.8 Å². The van der Waals surface area contributed by atoms with Crippen LogP contribution in [-0.2, 0) is 14.8 Å². The topological polar surface area (TPSA) is 98.2 Å². The van der Waals surface area contributed by atoms with Crippen molar-refractivity contribution in [1.82, 2.24) is 9.97 Å². The molecule has 0 amide bonds. The number of anilines is 1. The SMILES string of the molecule is CC(OC(=O)c1ccc(S(=O)(=O)Nc2nccs2)cc1)c1cccnc1. The molecule has 7 nitrogen and oxygen atoms in total. The lowest BCUT2D eigenvalue weighted by Crippen LogP contribution is -2.13. The standard InChI is InChI=1S/C17H15N3O4S2/c1-12(14-3-2-8-18-11-14)24-16(21)13-4-6-15(7-5-13)26(22,23)20-17-19-9-10-25-17/h2-12H,1H3,(H,19,20). The lowest BCUT2D eigenvalue weighted by Gasteiger charge is -2.13. The maximum atomic E-state index is 12.3. The molecular weight excluding hydrogens is 374 g/mol. The minimum absolute atomic E-state index is 0.0320. The summed E-state index contributed by atoms with van der Waals surface area (Å²) in [5.41, 5.74) is 1.03. The van der Waals surface area contributed by atoms with Crippen LogP contribution in [0, 0.1) is 0 Å². The minimum atomic E-state index is -3.75. The van der Waals surface area contributed by atoms with Gasteiger partial charge in [0.25, 0.3) is 10.0 Å². The average molecular weight is 389 g/mol. The molecule has 0 bridgehead atoms. The number of carbonyl (C=O) groups is 1. The number of nitrogens with one attached hydrogen (secondary N) is 1. The molecule has 0 saturated carbocycles. The summed E-state index contributed by atoms with van der Waals surface area (Å²) in [6.45, 7) is 1.74. The van der Waals surface area contributed by atoms with Crippen molar-refractivity contribution >= 4 is 32.5 Å². The van der Waals surface area contributed by atoms with Crippen molar-refractivity contribution in [3.8, 4) is 0 Å². The molecule has 2 heterocycles. The number of sulfonamides is 1. The maximum absolute atomic E-state index is 12.3. The van der Waals surface area contributed by atoms with Crippen LogP contribution in [0.1, 0.15) is 28.9 Å². The number of esters is 1. The van der Waals surface area contributed by atoms with Crippen LogP contribution in [-0.4, -0.2) is 24.4 Å². The molecular formula is C17H15N3O4S2. The first kappa shape index (κ1) is 18.0. The summed E-state index contributed by atoms with van der Waals surface area (Å²) in [4.78, 5) is 20.1. The third-order valence-corrected chi connectivity index (χ3v) is 5.66. The molecule has 0 radical (unpaired) electrons. The Hall–Kier alpha value is -2.78. The van der Waals surface area contributed by atoms with E-state index in [-0.39, 0.29) is 15.6 Å². The fraction of sp³-hybridized carbons (Fsp3) is 0.118. The second kappa shape index (κ2) is 7.63. The van der Waals surface area contributed by atoms with Gasteiger partial charge in [-0.25, -0.2) is 18.2 Å². The molecule has 2 aromatic heterocycles. The molecule has 0 fully saturated rings. The number of hydrogen-bond acceptors (Lipinski definition) is 7. The molecule has 0 aliphatic heterocycles. The quantitative estimate of drug-likeness (QED) is 0.650. The number of hydrogen-bond donors (Lipinski definition) is 1. The van der Waals surface area contributed by atoms with E-state index in [9.17, 15) is 13.2 Å². The third-order valence-electron chi connectivity index (χ3n) is 3.49. The molecule has 0 aliphatic rings. The Morgan fingerprint density at radius 1 is 1.19 bits per heavy atom. The smallest absolute Gasteiger partial charge is 0.338 e. The summed E-state index contributed by atoms with van der Waals surface area (Å²) in [6, 6.07) is 9.09. The lowest BCUT2D eigenvalue weighted by molar-refractivity contribution is 0.0337. The Morgan fingerprint density at radius 2 is 1.96 bits per heavy atom. The summed E-state index contributed by atoms with van der Waals surface area (Å²) in [7, 11) is -3.75. The highest BCUT2D eigenvalue weighted by Crippen LogP contribution is 2.20. The highest BCUT2D eigenvalue weighted by molar-refractivity contribution is 7.93. The zero-order valence-corrected chi connectivity index (χ0v) is 15.3. The second-order valence-electron chi connectivity index (χ2n) is 5.30. The van der Waals surface area contributed by atoms with E-state index in [2.05, 4.69) is 14.7 Å². The largest absolute Gasteiger partial charge is 0.454 e. The molecule has 9 heteroatoms. The van der Waals surface area contributed by atoms with E-state index in [1.807, 2.05) is 6.07 Å².